The zero-order chi connectivity index (χ0) is 16.3. The Morgan fingerprint density at radius 1 is 1.04 bits per heavy atom. The summed E-state index contributed by atoms with van der Waals surface area (Å²) in [7, 11) is 0. The van der Waals surface area contributed by atoms with Crippen molar-refractivity contribution < 1.29 is 0 Å². The molecular formula is C22H27N. The molecule has 1 aliphatic heterocycles. The number of nitrogens with zero attached hydrogens (tertiary/aromatic N) is 1. The average molecular weight is 305 g/mol. The molecule has 0 spiro atoms. The molecule has 120 valence electrons. The van der Waals surface area contributed by atoms with E-state index < -0.39 is 0 Å². The van der Waals surface area contributed by atoms with Gasteiger partial charge in [-0.2, -0.15) is 0 Å². The van der Waals surface area contributed by atoms with Crippen molar-refractivity contribution in [1.29, 1.82) is 0 Å². The molecule has 0 bridgehead atoms. The SMILES string of the molecule is CCN1C(C)CC(c2ccccc2)C1(C)/C=C/c1ccccc1. The predicted molar refractivity (Wildman–Crippen MR) is 99.5 cm³/mol. The molecule has 0 radical (unpaired) electrons. The van der Waals surface area contributed by atoms with E-state index in [-0.39, 0.29) is 5.54 Å². The van der Waals surface area contributed by atoms with E-state index in [0.717, 1.165) is 6.54 Å². The maximum absolute atomic E-state index is 2.64. The maximum Gasteiger partial charge on any atom is 0.0438 e. The molecule has 1 heterocycles. The highest BCUT2D eigenvalue weighted by Crippen LogP contribution is 2.46. The molecule has 3 unspecified atom stereocenters. The second-order valence-electron chi connectivity index (χ2n) is 6.80. The van der Waals surface area contributed by atoms with E-state index in [4.69, 9.17) is 0 Å². The fraction of sp³-hybridized carbons (Fsp3) is 0.364. The summed E-state index contributed by atoms with van der Waals surface area (Å²) in [4.78, 5) is 2.64. The van der Waals surface area contributed by atoms with Crippen molar-refractivity contribution in [1.82, 2.24) is 4.90 Å². The van der Waals surface area contributed by atoms with Gasteiger partial charge in [0, 0.05) is 17.5 Å². The molecule has 1 heteroatoms. The highest BCUT2D eigenvalue weighted by Gasteiger charge is 2.46. The summed E-state index contributed by atoms with van der Waals surface area (Å²) in [5.74, 6) is 0.540. The lowest BCUT2D eigenvalue weighted by Gasteiger charge is -2.38. The van der Waals surface area contributed by atoms with Crippen molar-refractivity contribution in [2.75, 3.05) is 6.54 Å². The smallest absolute Gasteiger partial charge is 0.0438 e. The fourth-order valence-corrected chi connectivity index (χ4v) is 4.23. The number of rotatable bonds is 4. The van der Waals surface area contributed by atoms with Gasteiger partial charge in [-0.3, -0.25) is 4.90 Å². The number of likely N-dealkylation sites (tertiary alicyclic amines) is 1. The van der Waals surface area contributed by atoms with Gasteiger partial charge in [0.15, 0.2) is 0 Å². The van der Waals surface area contributed by atoms with E-state index in [2.05, 4.69) is 98.5 Å². The summed E-state index contributed by atoms with van der Waals surface area (Å²) in [5, 5.41) is 0. The minimum atomic E-state index is 0.0609. The fourth-order valence-electron chi connectivity index (χ4n) is 4.23. The van der Waals surface area contributed by atoms with Gasteiger partial charge in [0.2, 0.25) is 0 Å². The summed E-state index contributed by atoms with van der Waals surface area (Å²) in [5.41, 5.74) is 2.79. The Kier molecular flexibility index (Phi) is 4.68. The molecule has 1 saturated heterocycles. The van der Waals surface area contributed by atoms with E-state index in [1.54, 1.807) is 0 Å². The normalized spacial score (nSPS) is 28.5. The summed E-state index contributed by atoms with van der Waals surface area (Å²) in [6.07, 6.45) is 5.93. The Hall–Kier alpha value is -1.86. The second kappa shape index (κ2) is 6.72. The monoisotopic (exact) mass is 305 g/mol. The number of likely N-dealkylation sites (N-methyl/N-ethyl adjacent to an activating group) is 1. The van der Waals surface area contributed by atoms with Crippen LogP contribution in [-0.2, 0) is 0 Å². The molecule has 1 nitrogen and oxygen atoms in total. The van der Waals surface area contributed by atoms with E-state index >= 15 is 0 Å². The van der Waals surface area contributed by atoms with Crippen molar-refractivity contribution in [3.8, 4) is 0 Å². The number of benzene rings is 2. The molecule has 2 aromatic carbocycles. The molecule has 0 aromatic heterocycles. The molecular weight excluding hydrogens is 278 g/mol. The Balaban J connectivity index is 1.97. The molecule has 0 N–H and O–H groups in total. The van der Waals surface area contributed by atoms with Gasteiger partial charge in [0.1, 0.15) is 0 Å². The van der Waals surface area contributed by atoms with Crippen LogP contribution in [0.15, 0.2) is 66.7 Å². The first-order valence-electron chi connectivity index (χ1n) is 8.71. The van der Waals surface area contributed by atoms with Gasteiger partial charge >= 0.3 is 0 Å². The zero-order valence-electron chi connectivity index (χ0n) is 14.4. The third kappa shape index (κ3) is 3.11. The number of hydrogen-bond acceptors (Lipinski definition) is 1. The van der Waals surface area contributed by atoms with E-state index in [1.165, 1.54) is 17.5 Å². The summed E-state index contributed by atoms with van der Waals surface area (Å²) in [6, 6.07) is 22.2. The van der Waals surface area contributed by atoms with E-state index in [9.17, 15) is 0 Å². The van der Waals surface area contributed by atoms with Crippen molar-refractivity contribution >= 4 is 6.08 Å². The van der Waals surface area contributed by atoms with Crippen LogP contribution in [0.25, 0.3) is 6.08 Å². The first-order valence-corrected chi connectivity index (χ1v) is 8.71. The van der Waals surface area contributed by atoms with Crippen LogP contribution in [0.4, 0.5) is 0 Å². The largest absolute Gasteiger partial charge is 0.291 e. The topological polar surface area (TPSA) is 3.24 Å². The summed E-state index contributed by atoms with van der Waals surface area (Å²) < 4.78 is 0. The standard InChI is InChI=1S/C22H27N/c1-4-23-18(2)17-21(20-13-9-6-10-14-20)22(23,3)16-15-19-11-7-5-8-12-19/h5-16,18,21H,4,17H2,1-3H3/b16-15+. The van der Waals surface area contributed by atoms with Crippen molar-refractivity contribution in [3.63, 3.8) is 0 Å². The lowest BCUT2D eigenvalue weighted by atomic mass is 9.80. The number of hydrogen-bond donors (Lipinski definition) is 0. The molecule has 3 rings (SSSR count). The van der Waals surface area contributed by atoms with E-state index in [1.807, 2.05) is 0 Å². The van der Waals surface area contributed by atoms with Crippen molar-refractivity contribution in [3.05, 3.63) is 77.9 Å². The highest BCUT2D eigenvalue weighted by atomic mass is 15.2. The van der Waals surface area contributed by atoms with Crippen LogP contribution in [-0.4, -0.2) is 23.0 Å². The van der Waals surface area contributed by atoms with Crippen LogP contribution in [0.3, 0.4) is 0 Å². The second-order valence-corrected chi connectivity index (χ2v) is 6.80. The van der Waals surface area contributed by atoms with Gasteiger partial charge in [-0.1, -0.05) is 79.7 Å². The highest BCUT2D eigenvalue weighted by molar-refractivity contribution is 5.52. The maximum atomic E-state index is 2.64. The van der Waals surface area contributed by atoms with Gasteiger partial charge in [0.05, 0.1) is 0 Å². The summed E-state index contributed by atoms with van der Waals surface area (Å²) >= 11 is 0. The minimum absolute atomic E-state index is 0.0609. The molecule has 1 fully saturated rings. The molecule has 0 amide bonds. The van der Waals surface area contributed by atoms with Crippen molar-refractivity contribution in [2.24, 2.45) is 0 Å². The van der Waals surface area contributed by atoms with Crippen LogP contribution < -0.4 is 0 Å². The first-order chi connectivity index (χ1) is 11.1. The quantitative estimate of drug-likeness (QED) is 0.735. The van der Waals surface area contributed by atoms with Crippen LogP contribution in [0, 0.1) is 0 Å². The van der Waals surface area contributed by atoms with Crippen LogP contribution in [0.1, 0.15) is 44.2 Å². The molecule has 0 saturated carbocycles. The van der Waals surface area contributed by atoms with Gasteiger partial charge in [0.25, 0.3) is 0 Å². The molecule has 0 aliphatic carbocycles. The minimum Gasteiger partial charge on any atom is -0.291 e. The molecule has 1 aliphatic rings. The lowest BCUT2D eigenvalue weighted by molar-refractivity contribution is 0.162. The third-order valence-corrected chi connectivity index (χ3v) is 5.39. The Labute approximate surface area is 140 Å². The summed E-state index contributed by atoms with van der Waals surface area (Å²) in [6.45, 7) is 8.12. The molecule has 2 aromatic rings. The Morgan fingerprint density at radius 3 is 2.26 bits per heavy atom. The van der Waals surface area contributed by atoms with Crippen LogP contribution in [0.2, 0.25) is 0 Å². The Morgan fingerprint density at radius 2 is 1.65 bits per heavy atom. The molecule has 3 atom stereocenters. The zero-order valence-corrected chi connectivity index (χ0v) is 14.4. The Bertz CT molecular complexity index is 646. The van der Waals surface area contributed by atoms with Crippen LogP contribution in [0.5, 0.6) is 0 Å². The predicted octanol–water partition coefficient (Wildman–Crippen LogP) is 5.36. The molecule has 23 heavy (non-hydrogen) atoms. The van der Waals surface area contributed by atoms with Crippen molar-refractivity contribution in [2.45, 2.75) is 44.7 Å². The van der Waals surface area contributed by atoms with Gasteiger partial charge in [-0.05, 0) is 37.9 Å². The average Bonchev–Trinajstić information content (AvgIpc) is 2.85. The van der Waals surface area contributed by atoms with Gasteiger partial charge < -0.3 is 0 Å². The van der Waals surface area contributed by atoms with Gasteiger partial charge in [-0.25, -0.2) is 0 Å². The third-order valence-electron chi connectivity index (χ3n) is 5.39. The van der Waals surface area contributed by atoms with Gasteiger partial charge in [-0.15, -0.1) is 0 Å². The van der Waals surface area contributed by atoms with E-state index in [0.29, 0.717) is 12.0 Å². The first kappa shape index (κ1) is 16.0. The van der Waals surface area contributed by atoms with Crippen LogP contribution >= 0.6 is 0 Å². The lowest BCUT2D eigenvalue weighted by Crippen LogP contribution is -2.45.